The van der Waals surface area contributed by atoms with E-state index in [1.54, 1.807) is 0 Å². The molecule has 1 aliphatic heterocycles. The summed E-state index contributed by atoms with van der Waals surface area (Å²) < 4.78 is 0. The number of benzene rings is 1. The van der Waals surface area contributed by atoms with Crippen molar-refractivity contribution in [2.24, 2.45) is 0 Å². The number of hydrogen-bond acceptors (Lipinski definition) is 4. The van der Waals surface area contributed by atoms with E-state index in [1.807, 2.05) is 23.1 Å². The molecule has 5 nitrogen and oxygen atoms in total. The summed E-state index contributed by atoms with van der Waals surface area (Å²) in [4.78, 5) is 14.2. The number of fused-ring (bicyclic) bond motifs is 1. The summed E-state index contributed by atoms with van der Waals surface area (Å²) in [5.74, 6) is 0.115. The molecule has 1 aliphatic carbocycles. The smallest absolute Gasteiger partial charge is 0.254 e. The average Bonchev–Trinajstić information content (AvgIpc) is 3.22. The van der Waals surface area contributed by atoms with Crippen molar-refractivity contribution >= 4 is 11.6 Å². The zero-order valence-corrected chi connectivity index (χ0v) is 10.7. The third kappa shape index (κ3) is 2.43. The van der Waals surface area contributed by atoms with Crippen molar-refractivity contribution in [3.63, 3.8) is 0 Å². The Morgan fingerprint density at radius 1 is 1.42 bits per heavy atom. The van der Waals surface area contributed by atoms with Crippen molar-refractivity contribution in [3.05, 3.63) is 29.3 Å². The number of rotatable bonds is 5. The van der Waals surface area contributed by atoms with Crippen LogP contribution in [0.25, 0.3) is 0 Å². The second kappa shape index (κ2) is 4.83. The lowest BCUT2D eigenvalue weighted by Gasteiger charge is -2.13. The SMILES string of the molecule is O=C1c2cc(NCC(O)CO)ccc2CN1C1CC1. The summed E-state index contributed by atoms with van der Waals surface area (Å²) in [5, 5.41) is 21.1. The Hall–Kier alpha value is -1.59. The Bertz CT molecular complexity index is 499. The van der Waals surface area contributed by atoms with E-state index in [1.165, 1.54) is 0 Å². The highest BCUT2D eigenvalue weighted by Crippen LogP contribution is 2.35. The minimum absolute atomic E-state index is 0.115. The zero-order chi connectivity index (χ0) is 13.4. The van der Waals surface area contributed by atoms with Crippen molar-refractivity contribution in [2.45, 2.75) is 31.5 Å². The lowest BCUT2D eigenvalue weighted by Crippen LogP contribution is -2.26. The predicted octanol–water partition coefficient (Wildman–Crippen LogP) is 0.570. The van der Waals surface area contributed by atoms with E-state index in [2.05, 4.69) is 5.32 Å². The minimum Gasteiger partial charge on any atom is -0.394 e. The lowest BCUT2D eigenvalue weighted by atomic mass is 10.1. The van der Waals surface area contributed by atoms with Crippen LogP contribution in [0, 0.1) is 0 Å². The molecular weight excluding hydrogens is 244 g/mol. The van der Waals surface area contributed by atoms with Crippen LogP contribution >= 0.6 is 0 Å². The van der Waals surface area contributed by atoms with Gasteiger partial charge in [0.15, 0.2) is 0 Å². The molecule has 1 atom stereocenters. The number of nitrogens with zero attached hydrogens (tertiary/aromatic N) is 1. The molecule has 3 N–H and O–H groups in total. The quantitative estimate of drug-likeness (QED) is 0.725. The summed E-state index contributed by atoms with van der Waals surface area (Å²) in [6.45, 7) is 0.723. The van der Waals surface area contributed by atoms with E-state index in [4.69, 9.17) is 5.11 Å². The highest BCUT2D eigenvalue weighted by atomic mass is 16.3. The first-order valence-corrected chi connectivity index (χ1v) is 6.65. The number of amides is 1. The van der Waals surface area contributed by atoms with E-state index in [0.29, 0.717) is 6.04 Å². The highest BCUT2D eigenvalue weighted by molar-refractivity contribution is 5.99. The van der Waals surface area contributed by atoms with E-state index < -0.39 is 6.10 Å². The molecule has 0 bridgehead atoms. The van der Waals surface area contributed by atoms with E-state index in [-0.39, 0.29) is 19.1 Å². The Kier molecular flexibility index (Phi) is 3.16. The topological polar surface area (TPSA) is 72.8 Å². The van der Waals surface area contributed by atoms with Crippen molar-refractivity contribution < 1.29 is 15.0 Å². The molecule has 1 amide bonds. The van der Waals surface area contributed by atoms with Crippen molar-refractivity contribution in [3.8, 4) is 0 Å². The number of aliphatic hydroxyl groups is 2. The molecule has 1 heterocycles. The van der Waals surface area contributed by atoms with Crippen LogP contribution in [0.3, 0.4) is 0 Å². The summed E-state index contributed by atoms with van der Waals surface area (Å²) in [7, 11) is 0. The summed E-state index contributed by atoms with van der Waals surface area (Å²) in [6.07, 6.45) is 1.45. The monoisotopic (exact) mass is 262 g/mol. The molecule has 19 heavy (non-hydrogen) atoms. The Morgan fingerprint density at radius 3 is 2.89 bits per heavy atom. The third-order valence-corrected chi connectivity index (χ3v) is 3.68. The van der Waals surface area contributed by atoms with Gasteiger partial charge in [-0.15, -0.1) is 0 Å². The van der Waals surface area contributed by atoms with Gasteiger partial charge in [0.05, 0.1) is 12.7 Å². The van der Waals surface area contributed by atoms with Gasteiger partial charge in [-0.05, 0) is 30.5 Å². The van der Waals surface area contributed by atoms with Gasteiger partial charge in [0.1, 0.15) is 0 Å². The largest absolute Gasteiger partial charge is 0.394 e. The molecule has 5 heteroatoms. The van der Waals surface area contributed by atoms with Crippen LogP contribution in [0.1, 0.15) is 28.8 Å². The fourth-order valence-electron chi connectivity index (χ4n) is 2.41. The zero-order valence-electron chi connectivity index (χ0n) is 10.7. The van der Waals surface area contributed by atoms with Crippen LogP contribution in [0.15, 0.2) is 18.2 Å². The molecule has 1 saturated carbocycles. The van der Waals surface area contributed by atoms with Gasteiger partial charge in [0.2, 0.25) is 0 Å². The maximum Gasteiger partial charge on any atom is 0.254 e. The molecule has 2 aliphatic rings. The van der Waals surface area contributed by atoms with Gasteiger partial charge >= 0.3 is 0 Å². The van der Waals surface area contributed by atoms with Gasteiger partial charge in [-0.1, -0.05) is 6.07 Å². The van der Waals surface area contributed by atoms with Gasteiger partial charge in [-0.25, -0.2) is 0 Å². The molecule has 102 valence electrons. The van der Waals surface area contributed by atoms with Gasteiger partial charge in [0, 0.05) is 30.4 Å². The Balaban J connectivity index is 1.72. The molecule has 1 unspecified atom stereocenters. The number of carbonyl (C=O) groups is 1. The molecule has 1 aromatic carbocycles. The first-order chi connectivity index (χ1) is 9.19. The van der Waals surface area contributed by atoms with Gasteiger partial charge in [-0.3, -0.25) is 4.79 Å². The van der Waals surface area contributed by atoms with E-state index in [0.717, 1.165) is 36.2 Å². The van der Waals surface area contributed by atoms with Crippen LogP contribution in [-0.2, 0) is 6.54 Å². The van der Waals surface area contributed by atoms with Crippen molar-refractivity contribution in [1.82, 2.24) is 4.90 Å². The summed E-state index contributed by atoms with van der Waals surface area (Å²) >= 11 is 0. The maximum atomic E-state index is 12.2. The molecule has 0 spiro atoms. The molecule has 0 saturated heterocycles. The summed E-state index contributed by atoms with van der Waals surface area (Å²) in [6, 6.07) is 6.15. The second-order valence-corrected chi connectivity index (χ2v) is 5.25. The van der Waals surface area contributed by atoms with Crippen LogP contribution in [0.2, 0.25) is 0 Å². The molecule has 0 aromatic heterocycles. The Labute approximate surface area is 111 Å². The lowest BCUT2D eigenvalue weighted by molar-refractivity contribution is 0.0766. The molecular formula is C14H18N2O3. The normalized spacial score (nSPS) is 19.5. The third-order valence-electron chi connectivity index (χ3n) is 3.68. The van der Waals surface area contributed by atoms with Gasteiger partial charge in [-0.2, -0.15) is 0 Å². The molecule has 1 fully saturated rings. The minimum atomic E-state index is -0.785. The first-order valence-electron chi connectivity index (χ1n) is 6.65. The number of carbonyl (C=O) groups excluding carboxylic acids is 1. The number of aliphatic hydroxyl groups excluding tert-OH is 2. The van der Waals surface area contributed by atoms with E-state index in [9.17, 15) is 9.90 Å². The van der Waals surface area contributed by atoms with Crippen LogP contribution < -0.4 is 5.32 Å². The number of anilines is 1. The predicted molar refractivity (Wildman–Crippen MR) is 70.9 cm³/mol. The Morgan fingerprint density at radius 2 is 2.21 bits per heavy atom. The van der Waals surface area contributed by atoms with Crippen LogP contribution in [-0.4, -0.2) is 46.3 Å². The van der Waals surface area contributed by atoms with Crippen molar-refractivity contribution in [2.75, 3.05) is 18.5 Å². The maximum absolute atomic E-state index is 12.2. The number of nitrogens with one attached hydrogen (secondary N) is 1. The molecule has 3 rings (SSSR count). The average molecular weight is 262 g/mol. The van der Waals surface area contributed by atoms with E-state index >= 15 is 0 Å². The molecule has 1 aromatic rings. The number of hydrogen-bond donors (Lipinski definition) is 3. The fourth-order valence-corrected chi connectivity index (χ4v) is 2.41. The highest BCUT2D eigenvalue weighted by Gasteiger charge is 2.38. The first kappa shape index (κ1) is 12.4. The van der Waals surface area contributed by atoms with Gasteiger partial charge < -0.3 is 20.4 Å². The van der Waals surface area contributed by atoms with Crippen LogP contribution in [0.4, 0.5) is 5.69 Å². The van der Waals surface area contributed by atoms with Crippen LogP contribution in [0.5, 0.6) is 0 Å². The fraction of sp³-hybridized carbons (Fsp3) is 0.500. The standard InChI is InChI=1S/C14H18N2O3/c17-8-12(18)6-15-10-2-1-9-7-16(11-3-4-11)14(19)13(9)5-10/h1-2,5,11-12,15,17-18H,3-4,6-8H2. The molecule has 0 radical (unpaired) electrons. The second-order valence-electron chi connectivity index (χ2n) is 5.25. The summed E-state index contributed by atoms with van der Waals surface area (Å²) in [5.41, 5.74) is 2.64. The van der Waals surface area contributed by atoms with Crippen molar-refractivity contribution in [1.29, 1.82) is 0 Å². The van der Waals surface area contributed by atoms with Gasteiger partial charge in [0.25, 0.3) is 5.91 Å².